The van der Waals surface area contributed by atoms with Crippen LogP contribution in [0, 0.1) is 0 Å². The van der Waals surface area contributed by atoms with E-state index in [2.05, 4.69) is 29.2 Å². The minimum atomic E-state index is 0.748. The van der Waals surface area contributed by atoms with Gasteiger partial charge in [0.2, 0.25) is 0 Å². The van der Waals surface area contributed by atoms with E-state index in [9.17, 15) is 0 Å². The molecular weight excluding hydrogens is 222 g/mol. The van der Waals surface area contributed by atoms with Crippen molar-refractivity contribution in [2.45, 2.75) is 25.3 Å². The summed E-state index contributed by atoms with van der Waals surface area (Å²) in [4.78, 5) is 2.59. The largest absolute Gasteiger partial charge is 0.456 e. The molecule has 0 amide bonds. The van der Waals surface area contributed by atoms with E-state index in [1.807, 2.05) is 12.1 Å². The first-order valence-corrected chi connectivity index (χ1v) is 6.82. The van der Waals surface area contributed by atoms with Crippen molar-refractivity contribution in [3.63, 3.8) is 0 Å². The quantitative estimate of drug-likeness (QED) is 0.754. The molecular formula is C16H17NO. The summed E-state index contributed by atoms with van der Waals surface area (Å²) in [5, 5.41) is 1.21. The molecule has 1 aromatic heterocycles. The zero-order valence-electron chi connectivity index (χ0n) is 10.4. The van der Waals surface area contributed by atoms with Gasteiger partial charge in [0, 0.05) is 18.0 Å². The zero-order valence-corrected chi connectivity index (χ0v) is 10.4. The highest BCUT2D eigenvalue weighted by Gasteiger charge is 2.28. The molecule has 2 aromatic rings. The minimum Gasteiger partial charge on any atom is -0.456 e. The topological polar surface area (TPSA) is 16.4 Å². The highest BCUT2D eigenvalue weighted by Crippen LogP contribution is 2.34. The maximum absolute atomic E-state index is 5.97. The molecule has 1 aromatic carbocycles. The summed E-state index contributed by atoms with van der Waals surface area (Å²) in [6.07, 6.45) is 6.20. The number of hydrogen-bond donors (Lipinski definition) is 0. The van der Waals surface area contributed by atoms with Gasteiger partial charge in [0.25, 0.3) is 0 Å². The number of fused-ring (bicyclic) bond motifs is 2. The van der Waals surface area contributed by atoms with Crippen LogP contribution in [0.2, 0.25) is 0 Å². The summed E-state index contributed by atoms with van der Waals surface area (Å²) in [5.41, 5.74) is 2.40. The molecule has 0 radical (unpaired) electrons. The monoisotopic (exact) mass is 239 g/mol. The average Bonchev–Trinajstić information content (AvgIpc) is 3.04. The molecule has 2 aliphatic heterocycles. The van der Waals surface area contributed by atoms with Gasteiger partial charge in [-0.1, -0.05) is 24.3 Å². The van der Waals surface area contributed by atoms with Crippen molar-refractivity contribution in [2.75, 3.05) is 13.1 Å². The third-order valence-corrected chi connectivity index (χ3v) is 4.27. The van der Waals surface area contributed by atoms with Crippen LogP contribution in [0.25, 0.3) is 16.5 Å². The van der Waals surface area contributed by atoms with Gasteiger partial charge in [-0.2, -0.15) is 0 Å². The molecule has 1 saturated heterocycles. The van der Waals surface area contributed by atoms with Gasteiger partial charge in [-0.05, 0) is 43.5 Å². The Balaban J connectivity index is 1.70. The lowest BCUT2D eigenvalue weighted by Crippen LogP contribution is -2.32. The molecule has 0 saturated carbocycles. The standard InChI is InChI=1S/C16H17NO/c1-2-6-15-12(4-1)11-16(18-15)13-7-9-17-8-3-5-14(17)10-13/h1-2,4,6-7,11,14H,3,5,8-10H2. The Labute approximate surface area is 107 Å². The first kappa shape index (κ1) is 10.4. The van der Waals surface area contributed by atoms with Crippen LogP contribution in [0.15, 0.2) is 40.8 Å². The van der Waals surface area contributed by atoms with E-state index >= 15 is 0 Å². The van der Waals surface area contributed by atoms with Gasteiger partial charge in [-0.15, -0.1) is 0 Å². The van der Waals surface area contributed by atoms with E-state index in [0.29, 0.717) is 0 Å². The van der Waals surface area contributed by atoms with Gasteiger partial charge in [-0.3, -0.25) is 4.90 Å². The molecule has 2 heteroatoms. The molecule has 2 nitrogen and oxygen atoms in total. The highest BCUT2D eigenvalue weighted by atomic mass is 16.3. The molecule has 1 fully saturated rings. The lowest BCUT2D eigenvalue weighted by atomic mass is 9.98. The SMILES string of the molecule is C1=C(c2cc3ccccc3o2)CC2CCCN2C1. The summed E-state index contributed by atoms with van der Waals surface area (Å²) in [5.74, 6) is 1.07. The fourth-order valence-electron chi connectivity index (χ4n) is 3.27. The molecule has 0 aliphatic carbocycles. The highest BCUT2D eigenvalue weighted by molar-refractivity contribution is 5.82. The molecule has 1 atom stereocenters. The van der Waals surface area contributed by atoms with E-state index in [0.717, 1.165) is 30.4 Å². The van der Waals surface area contributed by atoms with Crippen molar-refractivity contribution in [1.82, 2.24) is 4.90 Å². The van der Waals surface area contributed by atoms with Crippen LogP contribution in [0.4, 0.5) is 0 Å². The van der Waals surface area contributed by atoms with Gasteiger partial charge >= 0.3 is 0 Å². The normalized spacial score (nSPS) is 24.2. The Morgan fingerprint density at radius 1 is 1.22 bits per heavy atom. The summed E-state index contributed by atoms with van der Waals surface area (Å²) >= 11 is 0. The van der Waals surface area contributed by atoms with Crippen molar-refractivity contribution in [3.05, 3.63) is 42.2 Å². The zero-order chi connectivity index (χ0) is 11.9. The fourth-order valence-corrected chi connectivity index (χ4v) is 3.27. The molecule has 0 bridgehead atoms. The summed E-state index contributed by atoms with van der Waals surface area (Å²) < 4.78 is 5.97. The first-order chi connectivity index (χ1) is 8.90. The van der Waals surface area contributed by atoms with E-state index < -0.39 is 0 Å². The number of rotatable bonds is 1. The van der Waals surface area contributed by atoms with Crippen molar-refractivity contribution < 1.29 is 4.42 Å². The Kier molecular flexibility index (Phi) is 2.30. The molecule has 3 heterocycles. The van der Waals surface area contributed by atoms with Crippen molar-refractivity contribution in [1.29, 1.82) is 0 Å². The summed E-state index contributed by atoms with van der Waals surface area (Å²) in [6.45, 7) is 2.37. The van der Waals surface area contributed by atoms with Crippen LogP contribution >= 0.6 is 0 Å². The third-order valence-electron chi connectivity index (χ3n) is 4.27. The molecule has 92 valence electrons. The van der Waals surface area contributed by atoms with E-state index in [-0.39, 0.29) is 0 Å². The van der Waals surface area contributed by atoms with Crippen LogP contribution in [0.5, 0.6) is 0 Å². The van der Waals surface area contributed by atoms with Crippen LogP contribution in [-0.4, -0.2) is 24.0 Å². The predicted octanol–water partition coefficient (Wildman–Crippen LogP) is 3.68. The lowest BCUT2D eigenvalue weighted by Gasteiger charge is -2.28. The van der Waals surface area contributed by atoms with Crippen molar-refractivity contribution in [3.8, 4) is 0 Å². The summed E-state index contributed by atoms with van der Waals surface area (Å²) in [6, 6.07) is 11.2. The van der Waals surface area contributed by atoms with Gasteiger partial charge in [-0.25, -0.2) is 0 Å². The van der Waals surface area contributed by atoms with Crippen LogP contribution < -0.4 is 0 Å². The number of hydrogen-bond acceptors (Lipinski definition) is 2. The molecule has 4 rings (SSSR count). The molecule has 0 spiro atoms. The molecule has 1 unspecified atom stereocenters. The second kappa shape index (κ2) is 3.99. The van der Waals surface area contributed by atoms with Crippen LogP contribution in [0.1, 0.15) is 25.0 Å². The Morgan fingerprint density at radius 3 is 3.11 bits per heavy atom. The smallest absolute Gasteiger partial charge is 0.134 e. The number of benzene rings is 1. The van der Waals surface area contributed by atoms with E-state index in [1.165, 1.54) is 30.3 Å². The Morgan fingerprint density at radius 2 is 2.17 bits per heavy atom. The Bertz CT molecular complexity index is 577. The maximum Gasteiger partial charge on any atom is 0.134 e. The van der Waals surface area contributed by atoms with Crippen molar-refractivity contribution in [2.24, 2.45) is 0 Å². The van der Waals surface area contributed by atoms with Gasteiger partial charge in [0.15, 0.2) is 0 Å². The lowest BCUT2D eigenvalue weighted by molar-refractivity contribution is 0.274. The maximum atomic E-state index is 5.97. The molecule has 18 heavy (non-hydrogen) atoms. The molecule has 2 aliphatic rings. The van der Waals surface area contributed by atoms with E-state index in [4.69, 9.17) is 4.42 Å². The number of nitrogens with zero attached hydrogens (tertiary/aromatic N) is 1. The van der Waals surface area contributed by atoms with Gasteiger partial charge in [0.05, 0.1) is 0 Å². The van der Waals surface area contributed by atoms with Crippen LogP contribution in [0.3, 0.4) is 0 Å². The average molecular weight is 239 g/mol. The van der Waals surface area contributed by atoms with Crippen LogP contribution in [-0.2, 0) is 0 Å². The van der Waals surface area contributed by atoms with Gasteiger partial charge in [0.1, 0.15) is 11.3 Å². The predicted molar refractivity (Wildman–Crippen MR) is 73.4 cm³/mol. The number of para-hydroxylation sites is 1. The fraction of sp³-hybridized carbons (Fsp3) is 0.375. The third kappa shape index (κ3) is 1.60. The molecule has 0 N–H and O–H groups in total. The second-order valence-corrected chi connectivity index (χ2v) is 5.37. The minimum absolute atomic E-state index is 0.748. The summed E-state index contributed by atoms with van der Waals surface area (Å²) in [7, 11) is 0. The number of furan rings is 1. The van der Waals surface area contributed by atoms with Gasteiger partial charge < -0.3 is 4.42 Å². The van der Waals surface area contributed by atoms with Crippen molar-refractivity contribution >= 4 is 16.5 Å². The Hall–Kier alpha value is -1.54. The second-order valence-electron chi connectivity index (χ2n) is 5.37. The van der Waals surface area contributed by atoms with E-state index in [1.54, 1.807) is 0 Å². The first-order valence-electron chi connectivity index (χ1n) is 6.82.